The summed E-state index contributed by atoms with van der Waals surface area (Å²) in [5.41, 5.74) is 2.81. The fraction of sp³-hybridized carbons (Fsp3) is 0.211. The zero-order chi connectivity index (χ0) is 16.7. The van der Waals surface area contributed by atoms with Gasteiger partial charge in [-0.2, -0.15) is 0 Å². The van der Waals surface area contributed by atoms with Crippen LogP contribution in [0, 0.1) is 6.92 Å². The van der Waals surface area contributed by atoms with E-state index in [2.05, 4.69) is 5.32 Å². The van der Waals surface area contributed by atoms with Crippen molar-refractivity contribution in [2.24, 2.45) is 0 Å². The predicted octanol–water partition coefficient (Wildman–Crippen LogP) is 2.87. The Balaban J connectivity index is 1.88. The first-order chi connectivity index (χ1) is 11.1. The molecule has 0 radical (unpaired) electrons. The van der Waals surface area contributed by atoms with E-state index in [1.165, 1.54) is 6.08 Å². The first kappa shape index (κ1) is 16.8. The number of hydrogen-bond acceptors (Lipinski definition) is 3. The summed E-state index contributed by atoms with van der Waals surface area (Å²) in [4.78, 5) is 11.8. The molecule has 2 aromatic rings. The molecule has 1 unspecified atom stereocenters. The van der Waals surface area contributed by atoms with Gasteiger partial charge in [-0.15, -0.1) is 0 Å². The van der Waals surface area contributed by atoms with Crippen molar-refractivity contribution < 1.29 is 14.6 Å². The van der Waals surface area contributed by atoms with Gasteiger partial charge in [-0.05, 0) is 36.3 Å². The highest BCUT2D eigenvalue weighted by Crippen LogP contribution is 2.18. The second-order valence-electron chi connectivity index (χ2n) is 5.29. The summed E-state index contributed by atoms with van der Waals surface area (Å²) in [6.07, 6.45) is 2.44. The van der Waals surface area contributed by atoms with Gasteiger partial charge >= 0.3 is 0 Å². The third-order valence-corrected chi connectivity index (χ3v) is 3.42. The average Bonchev–Trinajstić information content (AvgIpc) is 2.58. The van der Waals surface area contributed by atoms with E-state index in [1.54, 1.807) is 37.5 Å². The Hall–Kier alpha value is -2.59. The van der Waals surface area contributed by atoms with Gasteiger partial charge < -0.3 is 15.2 Å². The number of aliphatic hydroxyl groups is 1. The van der Waals surface area contributed by atoms with Crippen LogP contribution in [0.15, 0.2) is 54.6 Å². The van der Waals surface area contributed by atoms with E-state index in [1.807, 2.05) is 31.2 Å². The van der Waals surface area contributed by atoms with Gasteiger partial charge in [0.2, 0.25) is 5.91 Å². The van der Waals surface area contributed by atoms with Crippen LogP contribution in [0.25, 0.3) is 6.08 Å². The molecule has 0 aromatic heterocycles. The molecule has 0 saturated carbocycles. The molecule has 0 heterocycles. The van der Waals surface area contributed by atoms with E-state index in [9.17, 15) is 9.90 Å². The number of rotatable bonds is 6. The number of ether oxygens (including phenoxy) is 1. The maximum Gasteiger partial charge on any atom is 0.244 e. The van der Waals surface area contributed by atoms with Crippen molar-refractivity contribution in [1.29, 1.82) is 0 Å². The number of aryl methyl sites for hydroxylation is 1. The molecule has 1 atom stereocenters. The smallest absolute Gasteiger partial charge is 0.244 e. The largest absolute Gasteiger partial charge is 0.497 e. The molecule has 2 rings (SSSR count). The van der Waals surface area contributed by atoms with Crippen LogP contribution >= 0.6 is 0 Å². The lowest BCUT2D eigenvalue weighted by Gasteiger charge is -2.12. The van der Waals surface area contributed by atoms with Gasteiger partial charge in [0.1, 0.15) is 5.75 Å². The third kappa shape index (κ3) is 5.27. The van der Waals surface area contributed by atoms with Crippen molar-refractivity contribution in [3.05, 3.63) is 71.3 Å². The molecular weight excluding hydrogens is 290 g/mol. The highest BCUT2D eigenvalue weighted by molar-refractivity contribution is 5.91. The summed E-state index contributed by atoms with van der Waals surface area (Å²) in [7, 11) is 1.57. The van der Waals surface area contributed by atoms with Gasteiger partial charge in [0.05, 0.1) is 13.2 Å². The molecule has 120 valence electrons. The number of amides is 1. The van der Waals surface area contributed by atoms with Gasteiger partial charge in [0.25, 0.3) is 0 Å². The second kappa shape index (κ2) is 8.15. The molecule has 0 aliphatic carbocycles. The van der Waals surface area contributed by atoms with Gasteiger partial charge in [-0.25, -0.2) is 0 Å². The summed E-state index contributed by atoms with van der Waals surface area (Å²) in [6, 6.07) is 15.0. The minimum absolute atomic E-state index is 0.143. The minimum Gasteiger partial charge on any atom is -0.497 e. The second-order valence-corrected chi connectivity index (χ2v) is 5.29. The Morgan fingerprint density at radius 3 is 2.78 bits per heavy atom. The Morgan fingerprint density at radius 2 is 2.04 bits per heavy atom. The molecule has 2 N–H and O–H groups in total. The summed E-state index contributed by atoms with van der Waals surface area (Å²) < 4.78 is 5.12. The molecule has 0 saturated heterocycles. The third-order valence-electron chi connectivity index (χ3n) is 3.42. The zero-order valence-corrected chi connectivity index (χ0v) is 13.3. The summed E-state index contributed by atoms with van der Waals surface area (Å²) >= 11 is 0. The standard InChI is InChI=1S/C19H21NO3/c1-14-5-3-6-15(11-14)9-10-19(22)20-13-18(21)16-7-4-8-17(12-16)23-2/h3-12,18,21H,13H2,1-2H3,(H,20,22)/b10-9+. The van der Waals surface area contributed by atoms with Crippen molar-refractivity contribution in [3.8, 4) is 5.75 Å². The lowest BCUT2D eigenvalue weighted by molar-refractivity contribution is -0.116. The fourth-order valence-electron chi connectivity index (χ4n) is 2.17. The lowest BCUT2D eigenvalue weighted by atomic mass is 10.1. The SMILES string of the molecule is COc1cccc(C(O)CNC(=O)/C=C/c2cccc(C)c2)c1. The zero-order valence-electron chi connectivity index (χ0n) is 13.3. The van der Waals surface area contributed by atoms with Crippen molar-refractivity contribution in [1.82, 2.24) is 5.32 Å². The van der Waals surface area contributed by atoms with Gasteiger partial charge in [-0.3, -0.25) is 4.79 Å². The normalized spacial score (nSPS) is 12.1. The summed E-state index contributed by atoms with van der Waals surface area (Å²) in [6.45, 7) is 2.14. The molecule has 0 fully saturated rings. The fourth-order valence-corrected chi connectivity index (χ4v) is 2.17. The topological polar surface area (TPSA) is 58.6 Å². The number of carbonyl (C=O) groups is 1. The summed E-state index contributed by atoms with van der Waals surface area (Å²) in [5, 5.41) is 12.8. The number of aliphatic hydroxyl groups excluding tert-OH is 1. The van der Waals surface area contributed by atoms with E-state index >= 15 is 0 Å². The number of carbonyl (C=O) groups excluding carboxylic acids is 1. The van der Waals surface area contributed by atoms with E-state index in [4.69, 9.17) is 4.74 Å². The van der Waals surface area contributed by atoms with Crippen LogP contribution in [0.2, 0.25) is 0 Å². The van der Waals surface area contributed by atoms with Crippen LogP contribution in [-0.4, -0.2) is 24.7 Å². The average molecular weight is 311 g/mol. The van der Waals surface area contributed by atoms with Crippen LogP contribution < -0.4 is 10.1 Å². The summed E-state index contributed by atoms with van der Waals surface area (Å²) in [5.74, 6) is 0.431. The highest BCUT2D eigenvalue weighted by atomic mass is 16.5. The molecule has 4 heteroatoms. The van der Waals surface area contributed by atoms with Crippen molar-refractivity contribution in [2.75, 3.05) is 13.7 Å². The number of methoxy groups -OCH3 is 1. The maximum absolute atomic E-state index is 11.8. The molecule has 2 aromatic carbocycles. The van der Waals surface area contributed by atoms with Crippen LogP contribution in [-0.2, 0) is 4.79 Å². The van der Waals surface area contributed by atoms with Crippen molar-refractivity contribution in [3.63, 3.8) is 0 Å². The Kier molecular flexibility index (Phi) is 5.94. The molecule has 4 nitrogen and oxygen atoms in total. The minimum atomic E-state index is -0.776. The monoisotopic (exact) mass is 311 g/mol. The van der Waals surface area contributed by atoms with E-state index < -0.39 is 6.10 Å². The van der Waals surface area contributed by atoms with Crippen LogP contribution in [0.4, 0.5) is 0 Å². The molecule has 0 spiro atoms. The van der Waals surface area contributed by atoms with E-state index in [0.717, 1.165) is 11.1 Å². The van der Waals surface area contributed by atoms with Crippen LogP contribution in [0.1, 0.15) is 22.8 Å². The van der Waals surface area contributed by atoms with Crippen LogP contribution in [0.3, 0.4) is 0 Å². The Morgan fingerprint density at radius 1 is 1.26 bits per heavy atom. The Labute approximate surface area is 136 Å². The number of hydrogen-bond donors (Lipinski definition) is 2. The quantitative estimate of drug-likeness (QED) is 0.807. The molecular formula is C19H21NO3. The van der Waals surface area contributed by atoms with E-state index in [0.29, 0.717) is 11.3 Å². The van der Waals surface area contributed by atoms with Gasteiger partial charge in [0, 0.05) is 12.6 Å². The van der Waals surface area contributed by atoms with Crippen molar-refractivity contribution in [2.45, 2.75) is 13.0 Å². The molecule has 1 amide bonds. The highest BCUT2D eigenvalue weighted by Gasteiger charge is 2.09. The van der Waals surface area contributed by atoms with Crippen molar-refractivity contribution >= 4 is 12.0 Å². The number of benzene rings is 2. The van der Waals surface area contributed by atoms with Gasteiger partial charge in [-0.1, -0.05) is 42.0 Å². The molecule has 0 aliphatic rings. The Bertz CT molecular complexity index is 695. The molecule has 0 bridgehead atoms. The molecule has 0 aliphatic heterocycles. The predicted molar refractivity (Wildman–Crippen MR) is 91.2 cm³/mol. The maximum atomic E-state index is 11.8. The first-order valence-corrected chi connectivity index (χ1v) is 7.43. The van der Waals surface area contributed by atoms with Gasteiger partial charge in [0.15, 0.2) is 0 Å². The van der Waals surface area contributed by atoms with Crippen LogP contribution in [0.5, 0.6) is 5.75 Å². The lowest BCUT2D eigenvalue weighted by Crippen LogP contribution is -2.26. The van der Waals surface area contributed by atoms with E-state index in [-0.39, 0.29) is 12.5 Å². The molecule has 23 heavy (non-hydrogen) atoms. The first-order valence-electron chi connectivity index (χ1n) is 7.43. The number of nitrogens with one attached hydrogen (secondary N) is 1.